The van der Waals surface area contributed by atoms with Crippen LogP contribution in [0.1, 0.15) is 59.8 Å². The Morgan fingerprint density at radius 1 is 1.22 bits per heavy atom. The molecule has 0 aliphatic carbocycles. The number of aliphatic hydroxyl groups excluding tert-OH is 2. The third-order valence-corrected chi connectivity index (χ3v) is 20.8. The van der Waals surface area contributed by atoms with E-state index >= 15 is 0 Å². The van der Waals surface area contributed by atoms with Crippen molar-refractivity contribution in [2.45, 2.75) is 114 Å². The molecule has 1 aliphatic rings. The monoisotopic (exact) mass is 485 g/mol. The van der Waals surface area contributed by atoms with Gasteiger partial charge in [-0.1, -0.05) is 67.7 Å². The molecule has 4 atom stereocenters. The summed E-state index contributed by atoms with van der Waals surface area (Å²) in [5.41, 5.74) is 4.62. The second-order valence-electron chi connectivity index (χ2n) is 12.4. The Morgan fingerprint density at radius 3 is 2.19 bits per heavy atom. The maximum absolute atomic E-state index is 12.7. The van der Waals surface area contributed by atoms with Crippen LogP contribution in [0.25, 0.3) is 0 Å². The van der Waals surface area contributed by atoms with E-state index in [2.05, 4.69) is 72.7 Å². The van der Waals surface area contributed by atoms with Crippen LogP contribution in [0.3, 0.4) is 0 Å². The first-order valence-electron chi connectivity index (χ1n) is 11.3. The van der Waals surface area contributed by atoms with Gasteiger partial charge in [-0.3, -0.25) is 4.57 Å². The van der Waals surface area contributed by atoms with E-state index in [9.17, 15) is 20.1 Å². The number of aliphatic hydroxyl groups is 3. The van der Waals surface area contributed by atoms with Gasteiger partial charge in [-0.05, 0) is 10.1 Å². The lowest BCUT2D eigenvalue weighted by Crippen LogP contribution is -2.69. The topological polar surface area (TPSA) is 131 Å². The molecule has 0 aromatic carbocycles. The van der Waals surface area contributed by atoms with E-state index < -0.39 is 45.1 Å². The normalized spacial score (nSPS) is 26.4. The first-order valence-corrected chi connectivity index (χ1v) is 17.3. The number of hydrogen-bond acceptors (Lipinski definition) is 7. The van der Waals surface area contributed by atoms with E-state index in [1.807, 2.05) is 0 Å². The summed E-state index contributed by atoms with van der Waals surface area (Å²) in [4.78, 5) is 16.5. The highest BCUT2D eigenvalue weighted by molar-refractivity contribution is 6.84. The number of ether oxygens (including phenoxy) is 1. The van der Waals surface area contributed by atoms with Gasteiger partial charge in [0.05, 0.1) is 33.7 Å². The van der Waals surface area contributed by atoms with Crippen LogP contribution in [0.5, 0.6) is 0 Å². The second-order valence-corrected chi connectivity index (χ2v) is 23.6. The second kappa shape index (κ2) is 8.32. The van der Waals surface area contributed by atoms with Crippen molar-refractivity contribution in [1.82, 2.24) is 9.55 Å². The van der Waals surface area contributed by atoms with Crippen LogP contribution in [-0.4, -0.2) is 58.1 Å². The van der Waals surface area contributed by atoms with E-state index in [0.717, 1.165) is 0 Å². The van der Waals surface area contributed by atoms with Crippen LogP contribution in [-0.2, 0) is 11.3 Å². The molecule has 1 aromatic rings. The molecule has 1 aromatic heterocycles. The first-order chi connectivity index (χ1) is 14.2. The molecule has 0 amide bonds. The summed E-state index contributed by atoms with van der Waals surface area (Å²) in [7, 11) is -4.84. The quantitative estimate of drug-likeness (QED) is 0.472. The predicted molar refractivity (Wildman–Crippen MR) is 133 cm³/mol. The molecule has 1 saturated heterocycles. The first kappa shape index (κ1) is 27.2. The Kier molecular flexibility index (Phi) is 7.07. The van der Waals surface area contributed by atoms with E-state index in [0.29, 0.717) is 5.56 Å². The number of rotatable bonds is 5. The number of aromatic nitrogens is 2. The smallest absolute Gasteiger partial charge is 0.351 e. The minimum Gasteiger partial charge on any atom is -0.394 e. The molecule has 1 aliphatic heterocycles. The highest BCUT2D eigenvalue weighted by atomic mass is 28.3. The van der Waals surface area contributed by atoms with Crippen LogP contribution in [0.15, 0.2) is 11.0 Å². The number of nitrogen functional groups attached to an aromatic ring is 1. The van der Waals surface area contributed by atoms with Gasteiger partial charge >= 0.3 is 5.69 Å². The van der Waals surface area contributed by atoms with Crippen molar-refractivity contribution in [3.8, 4) is 0 Å². The molecule has 1 fully saturated rings. The fraction of sp³-hybridized carbons (Fsp3) is 0.818. The van der Waals surface area contributed by atoms with Gasteiger partial charge in [0.1, 0.15) is 18.1 Å². The van der Waals surface area contributed by atoms with Gasteiger partial charge in [0.2, 0.25) is 0 Å². The largest absolute Gasteiger partial charge is 0.394 e. The Balaban J connectivity index is 2.67. The van der Waals surface area contributed by atoms with Crippen LogP contribution >= 0.6 is 0 Å². The van der Waals surface area contributed by atoms with Crippen molar-refractivity contribution in [3.05, 3.63) is 22.2 Å². The van der Waals surface area contributed by atoms with E-state index in [1.54, 1.807) is 0 Å². The molecule has 0 spiro atoms. The molecule has 2 heterocycles. The minimum atomic E-state index is -2.50. The Morgan fingerprint density at radius 2 is 1.75 bits per heavy atom. The predicted octanol–water partition coefficient (Wildman–Crippen LogP) is 2.79. The van der Waals surface area contributed by atoms with Crippen LogP contribution in [0.4, 0.5) is 5.82 Å². The lowest BCUT2D eigenvalue weighted by atomic mass is 10.1. The summed E-state index contributed by atoms with van der Waals surface area (Å²) in [5.74, 6) is -0.0238. The van der Waals surface area contributed by atoms with Gasteiger partial charge in [-0.2, -0.15) is 4.98 Å². The molecule has 0 radical (unpaired) electrons. The molecule has 10 heteroatoms. The van der Waals surface area contributed by atoms with Crippen LogP contribution in [0, 0.1) is 0 Å². The molecule has 184 valence electrons. The summed E-state index contributed by atoms with van der Waals surface area (Å²) in [6.07, 6.45) is -0.0423. The van der Waals surface area contributed by atoms with Gasteiger partial charge in [0.15, 0.2) is 0 Å². The number of nitrogens with two attached hydrogens (primary N) is 1. The number of anilines is 1. The summed E-state index contributed by atoms with van der Waals surface area (Å²) in [6.45, 7) is 20.8. The van der Waals surface area contributed by atoms with Gasteiger partial charge in [-0.25, -0.2) is 4.79 Å². The number of nitrogens with zero attached hydrogens (tertiary/aromatic N) is 2. The molecule has 5 N–H and O–H groups in total. The van der Waals surface area contributed by atoms with E-state index in [1.165, 1.54) is 10.8 Å². The highest BCUT2D eigenvalue weighted by Gasteiger charge is 2.65. The zero-order chi connectivity index (χ0) is 25.1. The lowest BCUT2D eigenvalue weighted by molar-refractivity contribution is -0.0763. The van der Waals surface area contributed by atoms with Crippen LogP contribution in [0.2, 0.25) is 36.3 Å². The zero-order valence-electron chi connectivity index (χ0n) is 21.4. The SMILES string of the molecule is CC(C)(C)[Si](C)(C)C(O)[C@H]1O[C@@H](n2cc(CO)c(N)nc2=O)C[C@@]1(O)[Si](C)(C)C(C)(C)C. The highest BCUT2D eigenvalue weighted by Crippen LogP contribution is 2.54. The van der Waals surface area contributed by atoms with Crippen molar-refractivity contribution in [3.63, 3.8) is 0 Å². The molecule has 2 rings (SSSR count). The van der Waals surface area contributed by atoms with Gasteiger partial charge in [0.25, 0.3) is 0 Å². The zero-order valence-corrected chi connectivity index (χ0v) is 23.4. The molecule has 0 saturated carbocycles. The van der Waals surface area contributed by atoms with Crippen LogP contribution < -0.4 is 11.4 Å². The molecule has 1 unspecified atom stereocenters. The van der Waals surface area contributed by atoms with Crippen molar-refractivity contribution in [2.24, 2.45) is 0 Å². The van der Waals surface area contributed by atoms with Crippen molar-refractivity contribution < 1.29 is 20.1 Å². The van der Waals surface area contributed by atoms with Gasteiger partial charge < -0.3 is 25.8 Å². The average molecular weight is 486 g/mol. The fourth-order valence-electron chi connectivity index (χ4n) is 4.14. The van der Waals surface area contributed by atoms with E-state index in [4.69, 9.17) is 10.5 Å². The molecule has 32 heavy (non-hydrogen) atoms. The van der Waals surface area contributed by atoms with Gasteiger partial charge in [0, 0.05) is 18.2 Å². The molecule has 8 nitrogen and oxygen atoms in total. The Labute approximate surface area is 193 Å². The third-order valence-electron chi connectivity index (χ3n) is 8.72. The van der Waals surface area contributed by atoms with Crippen molar-refractivity contribution in [1.29, 1.82) is 0 Å². The van der Waals surface area contributed by atoms with E-state index in [-0.39, 0.29) is 28.9 Å². The maximum Gasteiger partial charge on any atom is 0.351 e. The molecular weight excluding hydrogens is 442 g/mol. The fourth-order valence-corrected chi connectivity index (χ4v) is 9.23. The standard InChI is InChI=1S/C22H43N3O5Si2/c1-20(2,3)31(7,8)18(27)16-22(29,32(9,10)21(4,5)6)11-15(30-16)25-12-14(13-26)17(23)24-19(25)28/h12,15-16,18,26-27,29H,11,13H2,1-10H3,(H2,23,24,28)/t15-,16-,18?,22-/m1/s1. The third kappa shape index (κ3) is 4.25. The summed E-state index contributed by atoms with van der Waals surface area (Å²) >= 11 is 0. The lowest BCUT2D eigenvalue weighted by Gasteiger charge is -2.52. The summed E-state index contributed by atoms with van der Waals surface area (Å²) < 4.78 is 7.67. The summed E-state index contributed by atoms with van der Waals surface area (Å²) in [5, 5.41) is 32.0. The summed E-state index contributed by atoms with van der Waals surface area (Å²) in [6, 6.07) is 0. The average Bonchev–Trinajstić information content (AvgIpc) is 2.98. The van der Waals surface area contributed by atoms with Gasteiger partial charge in [-0.15, -0.1) is 0 Å². The molecule has 0 bridgehead atoms. The molecular formula is C22H43N3O5Si2. The maximum atomic E-state index is 12.7. The van der Waals surface area contributed by atoms with Crippen molar-refractivity contribution in [2.75, 3.05) is 5.73 Å². The minimum absolute atomic E-state index is 0.0238. The van der Waals surface area contributed by atoms with Crippen molar-refractivity contribution >= 4 is 22.0 Å². The Hall–Kier alpha value is -1.05. The number of hydrogen-bond donors (Lipinski definition) is 4. The Bertz CT molecular complexity index is 904.